The number of aromatic nitrogens is 1. The Hall–Kier alpha value is -4.19. The van der Waals surface area contributed by atoms with Crippen LogP contribution in [0.2, 0.25) is 0 Å². The maximum Gasteiger partial charge on any atom is 0.415 e. The van der Waals surface area contributed by atoms with Crippen molar-refractivity contribution in [3.05, 3.63) is 66.2 Å². The van der Waals surface area contributed by atoms with Gasteiger partial charge in [-0.05, 0) is 71.8 Å². The molecule has 1 aliphatic carbocycles. The van der Waals surface area contributed by atoms with E-state index in [0.717, 1.165) is 36.5 Å². The number of nitrogens with zero attached hydrogens (tertiary/aromatic N) is 3. The predicted octanol–water partition coefficient (Wildman–Crippen LogP) is 2.85. The van der Waals surface area contributed by atoms with Crippen LogP contribution in [-0.2, 0) is 16.1 Å². The number of nitrogens with one attached hydrogen (secondary N) is 2. The van der Waals surface area contributed by atoms with E-state index in [1.165, 1.54) is 10.5 Å². The summed E-state index contributed by atoms with van der Waals surface area (Å²) in [5.74, 6) is 3.22. The van der Waals surface area contributed by atoms with Gasteiger partial charge in [0.2, 0.25) is 0 Å². The van der Waals surface area contributed by atoms with Gasteiger partial charge in [-0.2, -0.15) is 0 Å². The molecule has 7 rings (SSSR count). The Morgan fingerprint density at radius 3 is 2.70 bits per heavy atom. The average molecular weight is 585 g/mol. The molecule has 4 N–H and O–H groups in total. The zero-order valence-corrected chi connectivity index (χ0v) is 23.9. The molecule has 43 heavy (non-hydrogen) atoms. The Bertz CT molecular complexity index is 1510. The highest BCUT2D eigenvalue weighted by molar-refractivity contribution is 5.95. The van der Waals surface area contributed by atoms with Crippen LogP contribution in [0.15, 0.2) is 60.7 Å². The molecule has 1 aromatic heterocycles. The monoisotopic (exact) mass is 584 g/mol. The summed E-state index contributed by atoms with van der Waals surface area (Å²) in [4.78, 5) is 32.5. The molecule has 2 amide bonds. The normalized spacial score (nSPS) is 24.2. The van der Waals surface area contributed by atoms with Crippen LogP contribution < -0.4 is 30.7 Å². The quantitative estimate of drug-likeness (QED) is 0.291. The van der Waals surface area contributed by atoms with Gasteiger partial charge in [0.1, 0.15) is 24.3 Å². The second-order valence-electron chi connectivity index (χ2n) is 11.7. The lowest BCUT2D eigenvalue weighted by Crippen LogP contribution is -2.31. The van der Waals surface area contributed by atoms with Crippen LogP contribution >= 0.6 is 0 Å². The van der Waals surface area contributed by atoms with Gasteiger partial charge < -0.3 is 30.6 Å². The first-order valence-electron chi connectivity index (χ1n) is 14.9. The van der Waals surface area contributed by atoms with Crippen molar-refractivity contribution in [3.8, 4) is 22.6 Å². The molecule has 4 heterocycles. The number of nitrogens with two attached hydrogens (primary N) is 1. The van der Waals surface area contributed by atoms with E-state index in [0.29, 0.717) is 67.9 Å². The lowest BCUT2D eigenvalue weighted by molar-refractivity contribution is -0.118. The first kappa shape index (κ1) is 27.6. The molecule has 11 heteroatoms. The van der Waals surface area contributed by atoms with Crippen LogP contribution in [0.5, 0.6) is 11.5 Å². The van der Waals surface area contributed by atoms with Gasteiger partial charge in [0.25, 0.3) is 5.91 Å². The number of fused-ring (bicyclic) bond motifs is 2. The summed E-state index contributed by atoms with van der Waals surface area (Å²) in [5.41, 5.74) is 9.47. The van der Waals surface area contributed by atoms with Crippen molar-refractivity contribution >= 4 is 23.6 Å². The number of carbonyl (C=O) groups is 2. The zero-order chi connectivity index (χ0) is 29.3. The van der Waals surface area contributed by atoms with E-state index in [9.17, 15) is 9.59 Å². The zero-order valence-electron chi connectivity index (χ0n) is 23.9. The lowest BCUT2D eigenvalue weighted by atomic mass is 10.0. The molecule has 0 bridgehead atoms. The fraction of sp³-hybridized carbons (Fsp3) is 0.406. The molecule has 0 spiro atoms. The molecule has 0 radical (unpaired) electrons. The van der Waals surface area contributed by atoms with Gasteiger partial charge in [-0.1, -0.05) is 30.3 Å². The molecular weight excluding hydrogens is 548 g/mol. The van der Waals surface area contributed by atoms with Crippen molar-refractivity contribution < 1.29 is 23.8 Å². The van der Waals surface area contributed by atoms with Crippen molar-refractivity contribution in [3.63, 3.8) is 0 Å². The molecule has 11 nitrogen and oxygen atoms in total. The van der Waals surface area contributed by atoms with E-state index in [4.69, 9.17) is 19.9 Å². The van der Waals surface area contributed by atoms with E-state index in [1.807, 2.05) is 12.1 Å². The maximum atomic E-state index is 12.5. The second-order valence-corrected chi connectivity index (χ2v) is 11.7. The van der Waals surface area contributed by atoms with E-state index < -0.39 is 6.09 Å². The topological polar surface area (TPSA) is 131 Å². The molecule has 1 saturated carbocycles. The van der Waals surface area contributed by atoms with Gasteiger partial charge in [0, 0.05) is 32.2 Å². The largest absolute Gasteiger partial charge is 0.492 e. The molecule has 3 aromatic rings. The number of hydrogen-bond donors (Lipinski definition) is 3. The Morgan fingerprint density at radius 2 is 1.84 bits per heavy atom. The summed E-state index contributed by atoms with van der Waals surface area (Å²) in [5, 5.41) is 6.14. The van der Waals surface area contributed by atoms with Crippen molar-refractivity contribution in [2.45, 2.75) is 25.1 Å². The Balaban J connectivity index is 0.870. The number of cyclic esters (lactones) is 1. The van der Waals surface area contributed by atoms with Gasteiger partial charge >= 0.3 is 6.09 Å². The summed E-state index contributed by atoms with van der Waals surface area (Å²) in [6.45, 7) is 5.54. The molecule has 224 valence electrons. The minimum atomic E-state index is -0.448. The number of pyridine rings is 1. The molecule has 3 fully saturated rings. The van der Waals surface area contributed by atoms with E-state index >= 15 is 0 Å². The van der Waals surface area contributed by atoms with Gasteiger partial charge in [0.15, 0.2) is 18.2 Å². The number of rotatable bonds is 11. The van der Waals surface area contributed by atoms with Crippen LogP contribution in [-0.4, -0.2) is 80.0 Å². The van der Waals surface area contributed by atoms with Crippen molar-refractivity contribution in [2.24, 2.45) is 17.6 Å². The van der Waals surface area contributed by atoms with Crippen LogP contribution in [0.25, 0.3) is 11.1 Å². The minimum Gasteiger partial charge on any atom is -0.492 e. The molecule has 4 aliphatic rings. The number of amides is 2. The number of benzene rings is 2. The number of piperidine rings is 1. The highest BCUT2D eigenvalue weighted by Crippen LogP contribution is 2.43. The van der Waals surface area contributed by atoms with E-state index in [2.05, 4.69) is 56.9 Å². The smallest absolute Gasteiger partial charge is 0.415 e. The summed E-state index contributed by atoms with van der Waals surface area (Å²) in [7, 11) is 0. The number of carbonyl (C=O) groups excluding carboxylic acids is 2. The first-order chi connectivity index (χ1) is 21.0. The average Bonchev–Trinajstić information content (AvgIpc) is 3.32. The van der Waals surface area contributed by atoms with Crippen LogP contribution in [0.1, 0.15) is 12.0 Å². The number of likely N-dealkylation sites (tertiary alicyclic amines) is 1. The van der Waals surface area contributed by atoms with Crippen LogP contribution in [0, 0.1) is 11.8 Å². The van der Waals surface area contributed by atoms with E-state index in [-0.39, 0.29) is 18.6 Å². The fourth-order valence-electron chi connectivity index (χ4n) is 6.22. The molecule has 0 unspecified atom stereocenters. The number of ether oxygens (including phenoxy) is 3. The summed E-state index contributed by atoms with van der Waals surface area (Å²) < 4.78 is 17.0. The lowest BCUT2D eigenvalue weighted by Gasteiger charge is -2.19. The van der Waals surface area contributed by atoms with Gasteiger partial charge in [-0.25, -0.2) is 9.78 Å². The van der Waals surface area contributed by atoms with Crippen molar-refractivity contribution in [2.75, 3.05) is 56.2 Å². The highest BCUT2D eigenvalue weighted by Gasteiger charge is 2.53. The maximum absolute atomic E-state index is 12.5. The third-order valence-electron chi connectivity index (χ3n) is 8.69. The SMILES string of the molecule is N[C@H]1[C@H]2CN(CCOc3cccc(-c4cccc(CNCC[C@H]5CN(c6ccc7c(n6)NC(=O)CO7)C(=O)O5)c4)c3)C[C@@H]12. The standard InChI is InChI=1S/C32H36N6O5/c33-30-25-17-37(18-26(25)30)11-12-41-23-6-2-5-22(14-23)21-4-1-3-20(13-21)15-34-10-9-24-16-38(32(40)43-24)28-8-7-27-31(35-28)36-29(39)19-42-27/h1-8,13-14,24-26,30,34H,9-12,15-19,33H2,(H,35,36,39)/t24-,25-,26+,30-/m0/s1. The predicted molar refractivity (Wildman–Crippen MR) is 161 cm³/mol. The summed E-state index contributed by atoms with van der Waals surface area (Å²) >= 11 is 0. The van der Waals surface area contributed by atoms with Gasteiger partial charge in [-0.3, -0.25) is 14.6 Å². The van der Waals surface area contributed by atoms with Crippen LogP contribution in [0.4, 0.5) is 16.4 Å². The first-order valence-corrected chi connectivity index (χ1v) is 14.9. The van der Waals surface area contributed by atoms with Crippen molar-refractivity contribution in [1.29, 1.82) is 0 Å². The molecular formula is C32H36N6O5. The molecule has 4 atom stereocenters. The number of hydrogen-bond acceptors (Lipinski definition) is 9. The molecule has 3 aliphatic heterocycles. The Morgan fingerprint density at radius 1 is 1.02 bits per heavy atom. The third kappa shape index (κ3) is 6.15. The highest BCUT2D eigenvalue weighted by atomic mass is 16.6. The second kappa shape index (κ2) is 11.8. The minimum absolute atomic E-state index is 0.0440. The van der Waals surface area contributed by atoms with E-state index in [1.54, 1.807) is 12.1 Å². The number of anilines is 2. The fourth-order valence-corrected chi connectivity index (χ4v) is 6.22. The summed E-state index contributed by atoms with van der Waals surface area (Å²) in [6.07, 6.45) is -0.0411. The third-order valence-corrected chi connectivity index (χ3v) is 8.69. The molecule has 2 aromatic carbocycles. The Labute approximate surface area is 250 Å². The Kier molecular flexibility index (Phi) is 7.60. The summed E-state index contributed by atoms with van der Waals surface area (Å²) in [6, 6.07) is 20.5. The van der Waals surface area contributed by atoms with Crippen LogP contribution in [0.3, 0.4) is 0 Å². The van der Waals surface area contributed by atoms with Gasteiger partial charge in [-0.15, -0.1) is 0 Å². The van der Waals surface area contributed by atoms with Crippen molar-refractivity contribution in [1.82, 2.24) is 15.2 Å². The van der Waals surface area contributed by atoms with Gasteiger partial charge in [0.05, 0.1) is 6.54 Å². The molecule has 2 saturated heterocycles.